The van der Waals surface area contributed by atoms with Crippen LogP contribution in [0.4, 0.5) is 0 Å². The highest BCUT2D eigenvalue weighted by Crippen LogP contribution is 2.33. The Morgan fingerprint density at radius 1 is 1.07 bits per heavy atom. The predicted octanol–water partition coefficient (Wildman–Crippen LogP) is 4.21. The number of hydrogen-bond acceptors (Lipinski definition) is 7. The van der Waals surface area contributed by atoms with Crippen molar-refractivity contribution in [3.8, 4) is 11.5 Å². The number of halogens is 1. The molecule has 0 radical (unpaired) electrons. The number of methoxy groups -OCH3 is 2. The maximum absolute atomic E-state index is 13.8. The highest BCUT2D eigenvalue weighted by atomic mass is 35.5. The molecule has 2 heterocycles. The Morgan fingerprint density at radius 3 is 2.55 bits per heavy atom. The van der Waals surface area contributed by atoms with Gasteiger partial charge in [0.1, 0.15) is 6.04 Å². The van der Waals surface area contributed by atoms with Crippen molar-refractivity contribution in [2.45, 2.75) is 31.5 Å². The Balaban J connectivity index is 1.69. The molecule has 11 heteroatoms. The minimum absolute atomic E-state index is 0.0275. The molecule has 4 rings (SSSR count). The SMILES string of the molecule is COc1ccc([C@@H](C(=O)NC[C@H]2CCCO2)N(Cc2ccccc2Cl)C(=O)CNC(=O)c2cccs2)cc1OC. The van der Waals surface area contributed by atoms with Crippen LogP contribution < -0.4 is 20.1 Å². The number of amides is 3. The summed E-state index contributed by atoms with van der Waals surface area (Å²) in [6, 6.07) is 14.6. The first-order valence-electron chi connectivity index (χ1n) is 12.9. The standard InChI is InChI=1S/C29H32ClN3O6S/c1-37-23-12-11-19(15-24(23)38-2)27(29(36)31-16-21-8-5-13-39-21)33(18-20-7-3-4-9-22(20)30)26(34)17-32-28(35)25-10-6-14-40-25/h3-4,6-7,9-12,14-15,21,27H,5,8,13,16-18H2,1-2H3,(H,31,36)(H,32,35)/t21-,27+/m1/s1. The Morgan fingerprint density at radius 2 is 1.88 bits per heavy atom. The molecule has 2 atom stereocenters. The Hall–Kier alpha value is -3.60. The fraction of sp³-hybridized carbons (Fsp3) is 0.345. The first kappa shape index (κ1) is 29.4. The lowest BCUT2D eigenvalue weighted by Crippen LogP contribution is -2.48. The van der Waals surface area contributed by atoms with Gasteiger partial charge in [0.15, 0.2) is 11.5 Å². The lowest BCUT2D eigenvalue weighted by atomic mass is 10.0. The van der Waals surface area contributed by atoms with Crippen LogP contribution in [0.25, 0.3) is 0 Å². The van der Waals surface area contributed by atoms with Crippen molar-refractivity contribution in [1.82, 2.24) is 15.5 Å². The molecule has 1 aliphatic heterocycles. The zero-order valence-corrected chi connectivity index (χ0v) is 23.9. The highest BCUT2D eigenvalue weighted by Gasteiger charge is 2.33. The van der Waals surface area contributed by atoms with Crippen LogP contribution in [0.5, 0.6) is 11.5 Å². The third-order valence-corrected chi connectivity index (χ3v) is 7.81. The normalized spacial score (nSPS) is 15.2. The van der Waals surface area contributed by atoms with E-state index in [1.54, 1.807) is 53.9 Å². The fourth-order valence-corrected chi connectivity index (χ4v) is 5.33. The number of nitrogens with one attached hydrogen (secondary N) is 2. The Kier molecular flexibility index (Phi) is 10.4. The minimum Gasteiger partial charge on any atom is -0.493 e. The maximum atomic E-state index is 13.8. The molecule has 9 nitrogen and oxygen atoms in total. The van der Waals surface area contributed by atoms with Crippen LogP contribution in [0, 0.1) is 0 Å². The van der Waals surface area contributed by atoms with Gasteiger partial charge in [-0.15, -0.1) is 11.3 Å². The minimum atomic E-state index is -1.07. The van der Waals surface area contributed by atoms with Gasteiger partial charge in [0.25, 0.3) is 5.91 Å². The Labute approximate surface area is 242 Å². The molecule has 2 N–H and O–H groups in total. The van der Waals surface area contributed by atoms with Gasteiger partial charge in [-0.1, -0.05) is 41.9 Å². The highest BCUT2D eigenvalue weighted by molar-refractivity contribution is 7.12. The van der Waals surface area contributed by atoms with Gasteiger partial charge in [0, 0.05) is 24.7 Å². The number of ether oxygens (including phenoxy) is 3. The second kappa shape index (κ2) is 14.2. The zero-order valence-electron chi connectivity index (χ0n) is 22.4. The summed E-state index contributed by atoms with van der Waals surface area (Å²) in [6.07, 6.45) is 1.69. The van der Waals surface area contributed by atoms with Gasteiger partial charge >= 0.3 is 0 Å². The number of carbonyl (C=O) groups is 3. The summed E-state index contributed by atoms with van der Waals surface area (Å²) in [7, 11) is 3.02. The first-order chi connectivity index (χ1) is 19.4. The largest absolute Gasteiger partial charge is 0.493 e. The van der Waals surface area contributed by atoms with Crippen molar-refractivity contribution < 1.29 is 28.6 Å². The van der Waals surface area contributed by atoms with E-state index in [1.807, 2.05) is 6.07 Å². The predicted molar refractivity (Wildman–Crippen MR) is 153 cm³/mol. The molecule has 0 bridgehead atoms. The van der Waals surface area contributed by atoms with Gasteiger partial charge in [0.2, 0.25) is 11.8 Å². The molecular weight excluding hydrogens is 554 g/mol. The van der Waals surface area contributed by atoms with Crippen LogP contribution in [0.15, 0.2) is 60.0 Å². The van der Waals surface area contributed by atoms with Crippen LogP contribution in [0.2, 0.25) is 5.02 Å². The van der Waals surface area contributed by atoms with Crippen molar-refractivity contribution in [1.29, 1.82) is 0 Å². The molecule has 212 valence electrons. The number of thiophene rings is 1. The van der Waals surface area contributed by atoms with Gasteiger partial charge in [-0.2, -0.15) is 0 Å². The molecule has 0 saturated carbocycles. The Bertz CT molecular complexity index is 1310. The molecule has 0 spiro atoms. The summed E-state index contributed by atoms with van der Waals surface area (Å²) in [4.78, 5) is 42.2. The van der Waals surface area contributed by atoms with E-state index in [9.17, 15) is 14.4 Å². The maximum Gasteiger partial charge on any atom is 0.261 e. The third kappa shape index (κ3) is 7.32. The van der Waals surface area contributed by atoms with E-state index in [0.29, 0.717) is 45.7 Å². The van der Waals surface area contributed by atoms with E-state index < -0.39 is 17.9 Å². The smallest absolute Gasteiger partial charge is 0.261 e. The molecule has 1 aromatic heterocycles. The summed E-state index contributed by atoms with van der Waals surface area (Å²) in [6.45, 7) is 0.677. The second-order valence-corrected chi connectivity index (χ2v) is 10.5. The molecular formula is C29H32ClN3O6S. The van der Waals surface area contributed by atoms with Crippen LogP contribution in [0.3, 0.4) is 0 Å². The van der Waals surface area contributed by atoms with Crippen molar-refractivity contribution in [3.63, 3.8) is 0 Å². The van der Waals surface area contributed by atoms with Gasteiger partial charge in [-0.25, -0.2) is 0 Å². The number of hydrogen-bond donors (Lipinski definition) is 2. The molecule has 0 aliphatic carbocycles. The number of nitrogens with zero attached hydrogens (tertiary/aromatic N) is 1. The second-order valence-electron chi connectivity index (χ2n) is 9.17. The molecule has 1 aliphatic rings. The lowest BCUT2D eigenvalue weighted by molar-refractivity contribution is -0.141. The molecule has 1 fully saturated rings. The molecule has 40 heavy (non-hydrogen) atoms. The topological polar surface area (TPSA) is 106 Å². The number of benzene rings is 2. The number of rotatable bonds is 12. The summed E-state index contributed by atoms with van der Waals surface area (Å²) in [5.41, 5.74) is 1.16. The van der Waals surface area contributed by atoms with E-state index in [2.05, 4.69) is 10.6 Å². The van der Waals surface area contributed by atoms with E-state index in [0.717, 1.165) is 12.8 Å². The summed E-state index contributed by atoms with van der Waals surface area (Å²) in [5, 5.41) is 7.88. The van der Waals surface area contributed by atoms with Crippen LogP contribution in [0.1, 0.15) is 39.7 Å². The van der Waals surface area contributed by atoms with E-state index in [1.165, 1.54) is 30.5 Å². The van der Waals surface area contributed by atoms with Crippen LogP contribution >= 0.6 is 22.9 Å². The summed E-state index contributed by atoms with van der Waals surface area (Å²) < 4.78 is 16.5. The molecule has 3 amide bonds. The van der Waals surface area contributed by atoms with Crippen LogP contribution in [-0.2, 0) is 20.9 Å². The van der Waals surface area contributed by atoms with Crippen molar-refractivity contribution in [3.05, 3.63) is 81.0 Å². The summed E-state index contributed by atoms with van der Waals surface area (Å²) in [5.74, 6) is -0.332. The van der Waals surface area contributed by atoms with Crippen LogP contribution in [-0.4, -0.2) is 62.6 Å². The molecule has 0 unspecified atom stereocenters. The molecule has 3 aromatic rings. The van der Waals surface area contributed by atoms with E-state index in [4.69, 9.17) is 25.8 Å². The zero-order chi connectivity index (χ0) is 28.5. The van der Waals surface area contributed by atoms with E-state index >= 15 is 0 Å². The quantitative estimate of drug-likeness (QED) is 0.330. The fourth-order valence-electron chi connectivity index (χ4n) is 4.50. The summed E-state index contributed by atoms with van der Waals surface area (Å²) >= 11 is 7.75. The third-order valence-electron chi connectivity index (χ3n) is 6.58. The van der Waals surface area contributed by atoms with Gasteiger partial charge in [0.05, 0.1) is 31.7 Å². The van der Waals surface area contributed by atoms with Gasteiger partial charge in [-0.3, -0.25) is 14.4 Å². The molecule has 1 saturated heterocycles. The monoisotopic (exact) mass is 585 g/mol. The number of carbonyl (C=O) groups excluding carboxylic acids is 3. The average molecular weight is 586 g/mol. The lowest BCUT2D eigenvalue weighted by Gasteiger charge is -2.32. The van der Waals surface area contributed by atoms with Crippen molar-refractivity contribution in [2.24, 2.45) is 0 Å². The van der Waals surface area contributed by atoms with E-state index in [-0.39, 0.29) is 25.1 Å². The first-order valence-corrected chi connectivity index (χ1v) is 14.1. The van der Waals surface area contributed by atoms with Crippen molar-refractivity contribution in [2.75, 3.05) is 33.9 Å². The molecule has 2 aromatic carbocycles. The van der Waals surface area contributed by atoms with Crippen molar-refractivity contribution >= 4 is 40.7 Å². The van der Waals surface area contributed by atoms with Gasteiger partial charge < -0.3 is 29.7 Å². The van der Waals surface area contributed by atoms with Gasteiger partial charge in [-0.05, 0) is 53.6 Å². The average Bonchev–Trinajstić information content (AvgIpc) is 3.70.